The second kappa shape index (κ2) is 5.82. The van der Waals surface area contributed by atoms with Gasteiger partial charge in [0.2, 0.25) is 0 Å². The Bertz CT molecular complexity index is 523. The maximum absolute atomic E-state index is 12.6. The van der Waals surface area contributed by atoms with Crippen LogP contribution >= 0.6 is 0 Å². The molecule has 0 saturated heterocycles. The molecule has 0 heterocycles. The maximum atomic E-state index is 12.6. The first-order chi connectivity index (χ1) is 9.42. The van der Waals surface area contributed by atoms with Crippen LogP contribution in [0.2, 0.25) is 0 Å². The third-order valence-electron chi connectivity index (χ3n) is 2.71. The molecule has 0 spiro atoms. The van der Waals surface area contributed by atoms with E-state index in [1.807, 2.05) is 0 Å². The van der Waals surface area contributed by atoms with E-state index in [0.717, 1.165) is 11.0 Å². The molecular formula is C12H11F6NO2. The number of benzene rings is 1. The SMILES string of the molecule is CN(CCC(F)(F)F)c1ccc(C(F)(F)F)c(C(=O)O)c1. The Morgan fingerprint density at radius 2 is 1.76 bits per heavy atom. The molecule has 0 aromatic heterocycles. The van der Waals surface area contributed by atoms with E-state index < -0.39 is 42.4 Å². The molecule has 1 N–H and O–H groups in total. The van der Waals surface area contributed by atoms with Gasteiger partial charge in [-0.15, -0.1) is 0 Å². The van der Waals surface area contributed by atoms with Crippen LogP contribution in [0, 0.1) is 0 Å². The zero-order valence-corrected chi connectivity index (χ0v) is 10.7. The summed E-state index contributed by atoms with van der Waals surface area (Å²) >= 11 is 0. The van der Waals surface area contributed by atoms with Gasteiger partial charge in [0.25, 0.3) is 0 Å². The van der Waals surface area contributed by atoms with Gasteiger partial charge in [-0.05, 0) is 18.2 Å². The van der Waals surface area contributed by atoms with Gasteiger partial charge in [-0.3, -0.25) is 0 Å². The number of halogens is 6. The van der Waals surface area contributed by atoms with E-state index >= 15 is 0 Å². The summed E-state index contributed by atoms with van der Waals surface area (Å²) in [7, 11) is 1.24. The summed E-state index contributed by atoms with van der Waals surface area (Å²) in [6.07, 6.45) is -10.4. The van der Waals surface area contributed by atoms with Crippen LogP contribution in [0.15, 0.2) is 18.2 Å². The Morgan fingerprint density at radius 3 is 2.19 bits per heavy atom. The van der Waals surface area contributed by atoms with E-state index in [4.69, 9.17) is 5.11 Å². The molecule has 1 rings (SSSR count). The van der Waals surface area contributed by atoms with Crippen LogP contribution in [0.25, 0.3) is 0 Å². The van der Waals surface area contributed by atoms with Crippen molar-refractivity contribution < 1.29 is 36.2 Å². The van der Waals surface area contributed by atoms with Gasteiger partial charge in [0.1, 0.15) is 0 Å². The Hall–Kier alpha value is -1.93. The minimum absolute atomic E-state index is 0.0374. The number of carboxylic acid groups (broad SMARTS) is 1. The molecule has 0 radical (unpaired) electrons. The van der Waals surface area contributed by atoms with Crippen molar-refractivity contribution in [2.75, 3.05) is 18.5 Å². The second-order valence-electron chi connectivity index (χ2n) is 4.32. The quantitative estimate of drug-likeness (QED) is 0.859. The van der Waals surface area contributed by atoms with Crippen molar-refractivity contribution in [3.8, 4) is 0 Å². The van der Waals surface area contributed by atoms with Crippen molar-refractivity contribution in [1.29, 1.82) is 0 Å². The molecule has 0 fully saturated rings. The Labute approximate surface area is 115 Å². The zero-order chi connectivity index (χ0) is 16.4. The lowest BCUT2D eigenvalue weighted by atomic mass is 10.1. The number of anilines is 1. The van der Waals surface area contributed by atoms with E-state index in [1.165, 1.54) is 7.05 Å². The van der Waals surface area contributed by atoms with Gasteiger partial charge in [-0.1, -0.05) is 0 Å². The molecule has 21 heavy (non-hydrogen) atoms. The van der Waals surface area contributed by atoms with Gasteiger partial charge in [-0.2, -0.15) is 26.3 Å². The topological polar surface area (TPSA) is 40.5 Å². The molecule has 0 amide bonds. The Balaban J connectivity index is 3.06. The lowest BCUT2D eigenvalue weighted by molar-refractivity contribution is -0.138. The van der Waals surface area contributed by atoms with Crippen molar-refractivity contribution in [3.05, 3.63) is 29.3 Å². The van der Waals surface area contributed by atoms with Gasteiger partial charge in [-0.25, -0.2) is 4.79 Å². The molecule has 0 aliphatic carbocycles. The van der Waals surface area contributed by atoms with Crippen molar-refractivity contribution in [2.45, 2.75) is 18.8 Å². The molecule has 1 aromatic rings. The molecule has 3 nitrogen and oxygen atoms in total. The number of rotatable bonds is 4. The summed E-state index contributed by atoms with van der Waals surface area (Å²) in [5.41, 5.74) is -2.38. The summed E-state index contributed by atoms with van der Waals surface area (Å²) in [5, 5.41) is 8.80. The molecule has 0 aliphatic heterocycles. The predicted molar refractivity (Wildman–Crippen MR) is 62.3 cm³/mol. The van der Waals surface area contributed by atoms with Crippen LogP contribution in [0.4, 0.5) is 32.0 Å². The first kappa shape index (κ1) is 17.1. The summed E-state index contributed by atoms with van der Waals surface area (Å²) in [5.74, 6) is -1.80. The molecule has 1 aromatic carbocycles. The van der Waals surface area contributed by atoms with Crippen LogP contribution in [-0.2, 0) is 6.18 Å². The number of hydrogen-bond acceptors (Lipinski definition) is 2. The summed E-state index contributed by atoms with van der Waals surface area (Å²) < 4.78 is 74.1. The van der Waals surface area contributed by atoms with E-state index in [1.54, 1.807) is 0 Å². The lowest BCUT2D eigenvalue weighted by Gasteiger charge is -2.21. The highest BCUT2D eigenvalue weighted by Gasteiger charge is 2.35. The fourth-order valence-corrected chi connectivity index (χ4v) is 1.62. The van der Waals surface area contributed by atoms with Crippen molar-refractivity contribution in [1.82, 2.24) is 0 Å². The fourth-order valence-electron chi connectivity index (χ4n) is 1.62. The molecule has 0 bridgehead atoms. The van der Waals surface area contributed by atoms with E-state index in [-0.39, 0.29) is 5.69 Å². The number of aromatic carboxylic acids is 1. The normalized spacial score (nSPS) is 12.3. The van der Waals surface area contributed by atoms with Crippen molar-refractivity contribution >= 4 is 11.7 Å². The first-order valence-corrected chi connectivity index (χ1v) is 5.64. The van der Waals surface area contributed by atoms with E-state index in [0.29, 0.717) is 12.1 Å². The third kappa shape index (κ3) is 4.83. The highest BCUT2D eigenvalue weighted by Crippen LogP contribution is 2.34. The number of alkyl halides is 6. The minimum Gasteiger partial charge on any atom is -0.478 e. The van der Waals surface area contributed by atoms with Crippen molar-refractivity contribution in [3.63, 3.8) is 0 Å². The molecule has 0 atom stereocenters. The largest absolute Gasteiger partial charge is 0.478 e. The average Bonchev–Trinajstić information content (AvgIpc) is 2.33. The van der Waals surface area contributed by atoms with Crippen LogP contribution in [0.3, 0.4) is 0 Å². The summed E-state index contributed by atoms with van der Waals surface area (Å²) in [4.78, 5) is 11.9. The van der Waals surface area contributed by atoms with Crippen molar-refractivity contribution in [2.24, 2.45) is 0 Å². The van der Waals surface area contributed by atoms with Crippen LogP contribution < -0.4 is 4.90 Å². The molecule has 9 heteroatoms. The standard InChI is InChI=1S/C12H11F6NO2/c1-19(5-4-11(13,14)15)7-2-3-9(12(16,17)18)8(6-7)10(20)21/h2-3,6H,4-5H2,1H3,(H,20,21). The fraction of sp³-hybridized carbons (Fsp3) is 0.417. The second-order valence-corrected chi connectivity index (χ2v) is 4.32. The molecule has 0 unspecified atom stereocenters. The monoisotopic (exact) mass is 315 g/mol. The number of hydrogen-bond donors (Lipinski definition) is 1. The van der Waals surface area contributed by atoms with Crippen LogP contribution in [0.1, 0.15) is 22.3 Å². The number of nitrogens with zero attached hydrogens (tertiary/aromatic N) is 1. The van der Waals surface area contributed by atoms with Gasteiger partial charge in [0, 0.05) is 19.3 Å². The highest BCUT2D eigenvalue weighted by atomic mass is 19.4. The maximum Gasteiger partial charge on any atom is 0.417 e. The average molecular weight is 315 g/mol. The highest BCUT2D eigenvalue weighted by molar-refractivity contribution is 5.91. The smallest absolute Gasteiger partial charge is 0.417 e. The van der Waals surface area contributed by atoms with E-state index in [2.05, 4.69) is 0 Å². The molecule has 0 saturated carbocycles. The van der Waals surface area contributed by atoms with Gasteiger partial charge in [0.15, 0.2) is 0 Å². The van der Waals surface area contributed by atoms with Crippen LogP contribution in [-0.4, -0.2) is 30.8 Å². The molecule has 0 aliphatic rings. The van der Waals surface area contributed by atoms with Gasteiger partial charge >= 0.3 is 18.3 Å². The third-order valence-corrected chi connectivity index (χ3v) is 2.71. The minimum atomic E-state index is -4.85. The van der Waals surface area contributed by atoms with Gasteiger partial charge in [0.05, 0.1) is 17.5 Å². The Morgan fingerprint density at radius 1 is 1.19 bits per heavy atom. The summed E-state index contributed by atoms with van der Waals surface area (Å²) in [6, 6.07) is 2.19. The number of carboxylic acids is 1. The predicted octanol–water partition coefficient (Wildman–Crippen LogP) is 3.79. The first-order valence-electron chi connectivity index (χ1n) is 5.64. The molecule has 118 valence electrons. The molecular weight excluding hydrogens is 304 g/mol. The van der Waals surface area contributed by atoms with Gasteiger partial charge < -0.3 is 10.0 Å². The number of carbonyl (C=O) groups is 1. The van der Waals surface area contributed by atoms with Crippen LogP contribution in [0.5, 0.6) is 0 Å². The Kier molecular flexibility index (Phi) is 4.75. The van der Waals surface area contributed by atoms with E-state index in [9.17, 15) is 31.1 Å². The zero-order valence-electron chi connectivity index (χ0n) is 10.7. The summed E-state index contributed by atoms with van der Waals surface area (Å²) in [6.45, 7) is -0.492. The lowest BCUT2D eigenvalue weighted by Crippen LogP contribution is -2.24.